The largest absolute Gasteiger partial charge is 0.508 e. The Labute approximate surface area is 192 Å². The first-order valence-electron chi connectivity index (χ1n) is 10.4. The highest BCUT2D eigenvalue weighted by molar-refractivity contribution is 5.85. The van der Waals surface area contributed by atoms with Gasteiger partial charge in [-0.3, -0.25) is 4.90 Å². The number of alkyl halides is 3. The van der Waals surface area contributed by atoms with Crippen LogP contribution in [0.1, 0.15) is 23.1 Å². The summed E-state index contributed by atoms with van der Waals surface area (Å²) < 4.78 is 38.9. The lowest BCUT2D eigenvalue weighted by molar-refractivity contribution is -0.137. The van der Waals surface area contributed by atoms with Crippen molar-refractivity contribution in [2.45, 2.75) is 19.0 Å². The molecular formula is C26H25ClF3NO. The highest BCUT2D eigenvalue weighted by atomic mass is 35.5. The summed E-state index contributed by atoms with van der Waals surface area (Å²) in [6, 6.07) is 21.2. The van der Waals surface area contributed by atoms with Gasteiger partial charge in [0.15, 0.2) is 0 Å². The van der Waals surface area contributed by atoms with Gasteiger partial charge in [-0.15, -0.1) is 12.4 Å². The molecule has 0 atom stereocenters. The summed E-state index contributed by atoms with van der Waals surface area (Å²) in [4.78, 5) is 2.32. The third-order valence-electron chi connectivity index (χ3n) is 5.73. The molecule has 0 amide bonds. The van der Waals surface area contributed by atoms with E-state index in [4.69, 9.17) is 0 Å². The monoisotopic (exact) mass is 459 g/mol. The van der Waals surface area contributed by atoms with Crippen molar-refractivity contribution in [3.8, 4) is 16.9 Å². The van der Waals surface area contributed by atoms with Crippen LogP contribution in [-0.2, 0) is 12.6 Å². The van der Waals surface area contributed by atoms with Gasteiger partial charge in [-0.1, -0.05) is 54.6 Å². The van der Waals surface area contributed by atoms with Crippen molar-refractivity contribution in [1.82, 2.24) is 4.90 Å². The van der Waals surface area contributed by atoms with Gasteiger partial charge < -0.3 is 5.11 Å². The van der Waals surface area contributed by atoms with E-state index in [0.29, 0.717) is 5.56 Å². The van der Waals surface area contributed by atoms with Crippen molar-refractivity contribution in [2.24, 2.45) is 0 Å². The third-order valence-corrected chi connectivity index (χ3v) is 5.73. The average Bonchev–Trinajstić information content (AvgIpc) is 2.78. The number of nitrogens with zero attached hydrogens (tertiary/aromatic N) is 1. The van der Waals surface area contributed by atoms with Crippen molar-refractivity contribution >= 4 is 18.0 Å². The molecular weight excluding hydrogens is 435 g/mol. The Morgan fingerprint density at radius 1 is 0.844 bits per heavy atom. The molecule has 6 heteroatoms. The van der Waals surface area contributed by atoms with Crippen LogP contribution in [-0.4, -0.2) is 29.6 Å². The minimum Gasteiger partial charge on any atom is -0.508 e. The molecule has 32 heavy (non-hydrogen) atoms. The fourth-order valence-corrected chi connectivity index (χ4v) is 3.88. The molecule has 0 aromatic heterocycles. The van der Waals surface area contributed by atoms with Gasteiger partial charge in [0.1, 0.15) is 5.75 Å². The Balaban J connectivity index is 0.00000289. The zero-order valence-corrected chi connectivity index (χ0v) is 18.3. The van der Waals surface area contributed by atoms with Crippen LogP contribution in [0.5, 0.6) is 5.75 Å². The van der Waals surface area contributed by atoms with Crippen molar-refractivity contribution in [3.63, 3.8) is 0 Å². The summed E-state index contributed by atoms with van der Waals surface area (Å²) >= 11 is 0. The molecule has 0 fully saturated rings. The number of phenolic OH excluding ortho intramolecular Hbond substituents is 1. The summed E-state index contributed by atoms with van der Waals surface area (Å²) in [6.07, 6.45) is -0.592. The minimum absolute atomic E-state index is 0. The van der Waals surface area contributed by atoms with Gasteiger partial charge in [0.05, 0.1) is 5.56 Å². The van der Waals surface area contributed by atoms with Crippen molar-refractivity contribution < 1.29 is 18.3 Å². The second kappa shape index (κ2) is 10.2. The van der Waals surface area contributed by atoms with E-state index in [1.807, 2.05) is 18.2 Å². The van der Waals surface area contributed by atoms with Gasteiger partial charge >= 0.3 is 6.18 Å². The summed E-state index contributed by atoms with van der Waals surface area (Å²) in [7, 11) is 0. The Bertz CT molecular complexity index is 1060. The smallest absolute Gasteiger partial charge is 0.416 e. The van der Waals surface area contributed by atoms with Crippen LogP contribution in [0.25, 0.3) is 16.7 Å². The zero-order chi connectivity index (χ0) is 21.8. The predicted molar refractivity (Wildman–Crippen MR) is 125 cm³/mol. The normalized spacial score (nSPS) is 14.5. The molecule has 2 nitrogen and oxygen atoms in total. The second-order valence-corrected chi connectivity index (χ2v) is 7.85. The maximum absolute atomic E-state index is 13.0. The van der Waals surface area contributed by atoms with Gasteiger partial charge in [0, 0.05) is 19.6 Å². The molecule has 0 unspecified atom stereocenters. The van der Waals surface area contributed by atoms with Crippen LogP contribution >= 0.6 is 12.4 Å². The quantitative estimate of drug-likeness (QED) is 0.452. The Hall–Kier alpha value is -2.76. The fourth-order valence-electron chi connectivity index (χ4n) is 3.88. The third kappa shape index (κ3) is 5.93. The molecule has 168 valence electrons. The van der Waals surface area contributed by atoms with Crippen molar-refractivity contribution in [2.75, 3.05) is 19.6 Å². The Morgan fingerprint density at radius 3 is 2.09 bits per heavy atom. The highest BCUT2D eigenvalue weighted by Crippen LogP contribution is 2.32. The van der Waals surface area contributed by atoms with Crippen LogP contribution in [0, 0.1) is 0 Å². The number of phenols is 1. The molecule has 0 aliphatic carbocycles. The van der Waals surface area contributed by atoms with Crippen LogP contribution < -0.4 is 0 Å². The van der Waals surface area contributed by atoms with Crippen LogP contribution in [0.4, 0.5) is 13.2 Å². The van der Waals surface area contributed by atoms with Gasteiger partial charge in [-0.2, -0.15) is 13.2 Å². The van der Waals surface area contributed by atoms with E-state index >= 15 is 0 Å². The van der Waals surface area contributed by atoms with Crippen LogP contribution in [0.3, 0.4) is 0 Å². The van der Waals surface area contributed by atoms with E-state index in [1.54, 1.807) is 18.2 Å². The van der Waals surface area contributed by atoms with Gasteiger partial charge in [-0.25, -0.2) is 0 Å². The van der Waals surface area contributed by atoms with Crippen molar-refractivity contribution in [3.05, 3.63) is 95.6 Å². The maximum atomic E-state index is 13.0. The van der Waals surface area contributed by atoms with Crippen molar-refractivity contribution in [1.29, 1.82) is 0 Å². The van der Waals surface area contributed by atoms with E-state index < -0.39 is 11.7 Å². The fraction of sp³-hybridized carbons (Fsp3) is 0.231. The second-order valence-electron chi connectivity index (χ2n) is 7.85. The lowest BCUT2D eigenvalue weighted by Gasteiger charge is -2.26. The first-order valence-corrected chi connectivity index (χ1v) is 10.4. The Morgan fingerprint density at radius 2 is 1.50 bits per heavy atom. The first kappa shape index (κ1) is 23.9. The summed E-state index contributed by atoms with van der Waals surface area (Å²) in [5.41, 5.74) is 4.47. The molecule has 4 rings (SSSR count). The summed E-state index contributed by atoms with van der Waals surface area (Å²) in [6.45, 7) is 2.50. The van der Waals surface area contributed by atoms with Crippen LogP contribution in [0.2, 0.25) is 0 Å². The van der Waals surface area contributed by atoms with E-state index in [2.05, 4.69) is 29.2 Å². The molecule has 0 saturated carbocycles. The zero-order valence-electron chi connectivity index (χ0n) is 17.5. The topological polar surface area (TPSA) is 23.5 Å². The molecule has 0 saturated heterocycles. The van der Waals surface area contributed by atoms with Gasteiger partial charge in [0.2, 0.25) is 0 Å². The number of hydrogen-bond donors (Lipinski definition) is 1. The van der Waals surface area contributed by atoms with E-state index in [0.717, 1.165) is 55.2 Å². The standard InChI is InChI=1S/C26H24F3NO.ClH/c27-26(28,29)24-3-1-2-23(18-24)22-13-16-30(17-14-22)15-12-19-4-6-20(7-5-19)21-8-10-25(31)11-9-21;/h1-11,13,18,31H,12,14-17H2;1H. The number of aromatic hydroxyl groups is 1. The Kier molecular flexibility index (Phi) is 7.64. The molecule has 0 radical (unpaired) electrons. The van der Waals surface area contributed by atoms with Crippen LogP contribution in [0.15, 0.2) is 78.9 Å². The van der Waals surface area contributed by atoms with Gasteiger partial charge in [0.25, 0.3) is 0 Å². The van der Waals surface area contributed by atoms with E-state index in [-0.39, 0.29) is 18.2 Å². The molecule has 1 aliphatic rings. The molecule has 0 spiro atoms. The average molecular weight is 460 g/mol. The number of hydrogen-bond acceptors (Lipinski definition) is 2. The summed E-state index contributed by atoms with van der Waals surface area (Å²) in [5, 5.41) is 9.41. The maximum Gasteiger partial charge on any atom is 0.416 e. The molecule has 3 aromatic rings. The molecule has 1 N–H and O–H groups in total. The first-order chi connectivity index (χ1) is 14.9. The number of halogens is 4. The summed E-state index contributed by atoms with van der Waals surface area (Å²) in [5.74, 6) is 0.257. The number of benzene rings is 3. The molecule has 0 bridgehead atoms. The van der Waals surface area contributed by atoms with Gasteiger partial charge in [-0.05, 0) is 64.9 Å². The predicted octanol–water partition coefficient (Wildman–Crippen LogP) is 6.83. The minimum atomic E-state index is -4.31. The molecule has 3 aromatic carbocycles. The lowest BCUT2D eigenvalue weighted by Crippen LogP contribution is -2.30. The molecule has 1 aliphatic heterocycles. The van der Waals surface area contributed by atoms with E-state index in [1.165, 1.54) is 17.7 Å². The highest BCUT2D eigenvalue weighted by Gasteiger charge is 2.30. The number of rotatable bonds is 5. The van der Waals surface area contributed by atoms with E-state index in [9.17, 15) is 18.3 Å². The lowest BCUT2D eigenvalue weighted by atomic mass is 9.97. The molecule has 1 heterocycles. The SMILES string of the molecule is Cl.Oc1ccc(-c2ccc(CCN3CC=C(c4cccc(C(F)(F)F)c4)CC3)cc2)cc1.